The van der Waals surface area contributed by atoms with Gasteiger partial charge in [-0.15, -0.1) is 0 Å². The quantitative estimate of drug-likeness (QED) is 0.447. The van der Waals surface area contributed by atoms with E-state index >= 15 is 0 Å². The highest BCUT2D eigenvalue weighted by Gasteiger charge is 2.47. The van der Waals surface area contributed by atoms with E-state index in [0.29, 0.717) is 0 Å². The molecule has 0 radical (unpaired) electrons. The predicted molar refractivity (Wildman–Crippen MR) is 138 cm³/mol. The Morgan fingerprint density at radius 2 is 1.48 bits per heavy atom. The van der Waals surface area contributed by atoms with Gasteiger partial charge in [0.05, 0.1) is 11.4 Å². The normalized spacial score (nSPS) is 18.3. The van der Waals surface area contributed by atoms with Gasteiger partial charge < -0.3 is 9.80 Å². The highest BCUT2D eigenvalue weighted by Crippen LogP contribution is 2.51. The summed E-state index contributed by atoms with van der Waals surface area (Å²) < 4.78 is 0. The topological polar surface area (TPSA) is 6.48 Å². The molecule has 2 aliphatic rings. The molecule has 0 unspecified atom stereocenters. The van der Waals surface area contributed by atoms with Crippen LogP contribution in [0.3, 0.4) is 0 Å². The molecule has 0 saturated carbocycles. The average Bonchev–Trinajstić information content (AvgIpc) is 2.98. The maximum atomic E-state index is 2.66. The van der Waals surface area contributed by atoms with Crippen LogP contribution >= 0.6 is 0 Å². The Hall–Kier alpha value is -2.52. The number of para-hydroxylation sites is 1. The Morgan fingerprint density at radius 3 is 2.13 bits per heavy atom. The lowest BCUT2D eigenvalue weighted by atomic mass is 10.0. The SMILES string of the molecule is CCc1ccc2c(c1C)N1c3c(cc(C)cc3[Si]2(C)C)N(c2c(C)cccc2C)[C@@H]1C. The van der Waals surface area contributed by atoms with Crippen molar-refractivity contribution in [3.05, 3.63) is 70.3 Å². The zero-order valence-corrected chi connectivity index (χ0v) is 21.2. The molecule has 2 heterocycles. The van der Waals surface area contributed by atoms with Gasteiger partial charge in [-0.05, 0) is 85.3 Å². The summed E-state index contributed by atoms with van der Waals surface area (Å²) in [6.07, 6.45) is 1.32. The van der Waals surface area contributed by atoms with Crippen molar-refractivity contribution >= 4 is 41.2 Å². The molecule has 2 nitrogen and oxygen atoms in total. The molecule has 1 atom stereocenters. The zero-order valence-electron chi connectivity index (χ0n) is 20.2. The standard InChI is InChI=1S/C28H34N2Si/c1-9-22-13-14-24-27(20(22)5)30-21(6)29(26-18(3)11-10-12-19(26)4)23-15-17(2)16-25(28(23)30)31(24,7)8/h10-16,21H,9H2,1-8H3/t21-/m0/s1. The smallest absolute Gasteiger partial charge is 0.117 e. The van der Waals surface area contributed by atoms with E-state index < -0.39 is 8.07 Å². The Morgan fingerprint density at radius 1 is 0.806 bits per heavy atom. The number of anilines is 4. The summed E-state index contributed by atoms with van der Waals surface area (Å²) in [6, 6.07) is 16.4. The first-order valence-electron chi connectivity index (χ1n) is 11.6. The number of nitrogens with zero attached hydrogens (tertiary/aromatic N) is 2. The van der Waals surface area contributed by atoms with Crippen LogP contribution in [0.15, 0.2) is 42.5 Å². The Kier molecular flexibility index (Phi) is 4.43. The van der Waals surface area contributed by atoms with Crippen LogP contribution in [0.1, 0.15) is 41.7 Å². The van der Waals surface area contributed by atoms with E-state index in [9.17, 15) is 0 Å². The van der Waals surface area contributed by atoms with Gasteiger partial charge in [0.15, 0.2) is 0 Å². The Balaban J connectivity index is 1.88. The summed E-state index contributed by atoms with van der Waals surface area (Å²) in [5.74, 6) is 0. The second-order valence-corrected chi connectivity index (χ2v) is 14.3. The summed E-state index contributed by atoms with van der Waals surface area (Å²) in [5.41, 5.74) is 12.7. The first-order chi connectivity index (χ1) is 14.7. The van der Waals surface area contributed by atoms with E-state index in [1.807, 2.05) is 0 Å². The molecule has 0 aromatic heterocycles. The lowest BCUT2D eigenvalue weighted by molar-refractivity contribution is 0.756. The summed E-state index contributed by atoms with van der Waals surface area (Å²) >= 11 is 0. The molecule has 31 heavy (non-hydrogen) atoms. The molecule has 0 bridgehead atoms. The van der Waals surface area contributed by atoms with Gasteiger partial charge >= 0.3 is 0 Å². The molecule has 3 aromatic carbocycles. The molecule has 2 aliphatic heterocycles. The van der Waals surface area contributed by atoms with Gasteiger partial charge in [0.2, 0.25) is 0 Å². The fourth-order valence-corrected chi connectivity index (χ4v) is 9.17. The van der Waals surface area contributed by atoms with Gasteiger partial charge in [0.1, 0.15) is 14.2 Å². The molecular formula is C28H34N2Si. The molecule has 0 aliphatic carbocycles. The number of hydrogen-bond donors (Lipinski definition) is 0. The lowest BCUT2D eigenvalue weighted by Gasteiger charge is -2.42. The fourth-order valence-electron chi connectivity index (χ4n) is 6.05. The van der Waals surface area contributed by atoms with E-state index in [1.54, 1.807) is 10.4 Å². The molecule has 3 aromatic rings. The van der Waals surface area contributed by atoms with Crippen LogP contribution in [-0.2, 0) is 6.42 Å². The van der Waals surface area contributed by atoms with E-state index in [-0.39, 0.29) is 6.17 Å². The number of fused-ring (bicyclic) bond motifs is 2. The van der Waals surface area contributed by atoms with Crippen molar-refractivity contribution in [1.82, 2.24) is 0 Å². The summed E-state index contributed by atoms with van der Waals surface area (Å²) in [6.45, 7) is 18.8. The monoisotopic (exact) mass is 426 g/mol. The molecule has 0 saturated heterocycles. The fraction of sp³-hybridized carbons (Fsp3) is 0.357. The largest absolute Gasteiger partial charge is 0.318 e. The first kappa shape index (κ1) is 20.4. The van der Waals surface area contributed by atoms with Gasteiger partial charge in [-0.3, -0.25) is 0 Å². The summed E-state index contributed by atoms with van der Waals surface area (Å²) in [5, 5.41) is 3.17. The minimum absolute atomic E-state index is 0.241. The second kappa shape index (κ2) is 6.74. The Labute approximate surface area is 188 Å². The molecule has 3 heteroatoms. The van der Waals surface area contributed by atoms with Crippen molar-refractivity contribution in [3.8, 4) is 0 Å². The maximum absolute atomic E-state index is 2.66. The van der Waals surface area contributed by atoms with Gasteiger partial charge in [-0.25, -0.2) is 0 Å². The van der Waals surface area contributed by atoms with Gasteiger partial charge in [-0.2, -0.15) is 0 Å². The number of benzene rings is 3. The van der Waals surface area contributed by atoms with E-state index in [4.69, 9.17) is 0 Å². The molecular weight excluding hydrogens is 392 g/mol. The van der Waals surface area contributed by atoms with Crippen LogP contribution < -0.4 is 20.2 Å². The lowest BCUT2D eigenvalue weighted by Crippen LogP contribution is -2.60. The van der Waals surface area contributed by atoms with Crippen molar-refractivity contribution in [3.63, 3.8) is 0 Å². The van der Waals surface area contributed by atoms with Crippen molar-refractivity contribution in [2.75, 3.05) is 9.80 Å². The van der Waals surface area contributed by atoms with Crippen molar-refractivity contribution in [2.24, 2.45) is 0 Å². The predicted octanol–water partition coefficient (Wildman–Crippen LogP) is 6.25. The number of hydrogen-bond acceptors (Lipinski definition) is 2. The van der Waals surface area contributed by atoms with Gasteiger partial charge in [-0.1, -0.05) is 56.4 Å². The third-order valence-corrected chi connectivity index (χ3v) is 11.2. The molecule has 5 rings (SSSR count). The Bertz CT molecular complexity index is 1200. The minimum atomic E-state index is -1.82. The summed E-state index contributed by atoms with van der Waals surface area (Å²) in [4.78, 5) is 5.27. The van der Waals surface area contributed by atoms with Gasteiger partial charge in [0.25, 0.3) is 0 Å². The van der Waals surface area contributed by atoms with Crippen molar-refractivity contribution < 1.29 is 0 Å². The molecule has 0 N–H and O–H groups in total. The molecule has 0 spiro atoms. The third-order valence-electron chi connectivity index (χ3n) is 7.67. The van der Waals surface area contributed by atoms with Crippen molar-refractivity contribution in [2.45, 2.75) is 67.2 Å². The average molecular weight is 427 g/mol. The minimum Gasteiger partial charge on any atom is -0.318 e. The second-order valence-electron chi connectivity index (χ2n) is 10.0. The molecule has 160 valence electrons. The molecule has 0 fully saturated rings. The van der Waals surface area contributed by atoms with Crippen LogP contribution in [0.25, 0.3) is 0 Å². The maximum Gasteiger partial charge on any atom is 0.117 e. The van der Waals surface area contributed by atoms with Crippen LogP contribution in [-0.4, -0.2) is 14.2 Å². The van der Waals surface area contributed by atoms with E-state index in [0.717, 1.165) is 6.42 Å². The number of rotatable bonds is 2. The van der Waals surface area contributed by atoms with Crippen LogP contribution in [0.4, 0.5) is 22.7 Å². The molecule has 0 amide bonds. The third kappa shape index (κ3) is 2.62. The highest BCUT2D eigenvalue weighted by atomic mass is 28.3. The highest BCUT2D eigenvalue weighted by molar-refractivity contribution is 7.03. The van der Waals surface area contributed by atoms with Crippen LogP contribution in [0.5, 0.6) is 0 Å². The van der Waals surface area contributed by atoms with Crippen LogP contribution in [0.2, 0.25) is 13.1 Å². The van der Waals surface area contributed by atoms with Crippen molar-refractivity contribution in [1.29, 1.82) is 0 Å². The van der Waals surface area contributed by atoms with Gasteiger partial charge in [0, 0.05) is 11.4 Å². The zero-order chi connectivity index (χ0) is 22.2. The summed E-state index contributed by atoms with van der Waals surface area (Å²) in [7, 11) is -1.82. The van der Waals surface area contributed by atoms with E-state index in [1.165, 1.54) is 50.6 Å². The van der Waals surface area contributed by atoms with Crippen LogP contribution in [0, 0.1) is 27.7 Å². The van der Waals surface area contributed by atoms with E-state index in [2.05, 4.69) is 107 Å². The number of aryl methyl sites for hydroxylation is 4. The first-order valence-corrected chi connectivity index (χ1v) is 14.6.